The van der Waals surface area contributed by atoms with Gasteiger partial charge in [-0.25, -0.2) is 8.78 Å². The Labute approximate surface area is 53.6 Å². The lowest BCUT2D eigenvalue weighted by Gasteiger charge is -2.05. The molecule has 1 aliphatic rings. The van der Waals surface area contributed by atoms with Crippen molar-refractivity contribution in [2.24, 2.45) is 0 Å². The van der Waals surface area contributed by atoms with E-state index in [0.29, 0.717) is 0 Å². The van der Waals surface area contributed by atoms with E-state index >= 15 is 0 Å². The molecule has 1 rings (SSSR count). The molecule has 0 aromatic rings. The molecule has 0 nitrogen and oxygen atoms in total. The Bertz CT molecular complexity index is 140. The van der Waals surface area contributed by atoms with E-state index in [1.807, 2.05) is 0 Å². The fourth-order valence-electron chi connectivity index (χ4n) is 1.14. The van der Waals surface area contributed by atoms with E-state index in [0.717, 1.165) is 11.1 Å². The van der Waals surface area contributed by atoms with Crippen LogP contribution in [0.1, 0.15) is 26.7 Å². The van der Waals surface area contributed by atoms with E-state index in [-0.39, 0.29) is 12.8 Å². The van der Waals surface area contributed by atoms with Crippen molar-refractivity contribution in [3.05, 3.63) is 11.1 Å². The molecule has 0 unspecified atom stereocenters. The zero-order valence-corrected chi connectivity index (χ0v) is 5.67. The molecule has 0 bridgehead atoms. The lowest BCUT2D eigenvalue weighted by Crippen LogP contribution is -2.09. The number of allylic oxidation sites excluding steroid dienone is 2. The molecular weight excluding hydrogens is 122 g/mol. The van der Waals surface area contributed by atoms with Crippen LogP contribution >= 0.6 is 0 Å². The summed E-state index contributed by atoms with van der Waals surface area (Å²) in [5, 5.41) is 0. The maximum absolute atomic E-state index is 12.4. The largest absolute Gasteiger partial charge is 0.255 e. The van der Waals surface area contributed by atoms with Crippen molar-refractivity contribution >= 4 is 0 Å². The first-order valence-electron chi connectivity index (χ1n) is 3.04. The van der Waals surface area contributed by atoms with Gasteiger partial charge in [-0.1, -0.05) is 11.1 Å². The van der Waals surface area contributed by atoms with E-state index < -0.39 is 5.92 Å². The minimum atomic E-state index is -2.44. The average Bonchev–Trinajstić information content (AvgIpc) is 1.79. The fraction of sp³-hybridized carbons (Fsp3) is 0.714. The lowest BCUT2D eigenvalue weighted by molar-refractivity contribution is 0.0125. The van der Waals surface area contributed by atoms with Gasteiger partial charge in [0.2, 0.25) is 0 Å². The van der Waals surface area contributed by atoms with Crippen LogP contribution in [0.5, 0.6) is 0 Å². The summed E-state index contributed by atoms with van der Waals surface area (Å²) in [7, 11) is 0. The van der Waals surface area contributed by atoms with Gasteiger partial charge in [0.1, 0.15) is 0 Å². The zero-order chi connectivity index (χ0) is 7.07. The van der Waals surface area contributed by atoms with Crippen molar-refractivity contribution in [2.75, 3.05) is 0 Å². The summed E-state index contributed by atoms with van der Waals surface area (Å²) < 4.78 is 24.8. The molecule has 1 aliphatic carbocycles. The van der Waals surface area contributed by atoms with Crippen molar-refractivity contribution in [1.29, 1.82) is 0 Å². The van der Waals surface area contributed by atoms with Gasteiger partial charge in [0.15, 0.2) is 0 Å². The predicted molar refractivity (Wildman–Crippen MR) is 32.6 cm³/mol. The molecule has 2 heteroatoms. The van der Waals surface area contributed by atoms with E-state index in [1.165, 1.54) is 0 Å². The van der Waals surface area contributed by atoms with Crippen LogP contribution in [0.2, 0.25) is 0 Å². The molecule has 0 aromatic carbocycles. The van der Waals surface area contributed by atoms with Gasteiger partial charge in [0, 0.05) is 12.8 Å². The third-order valence-corrected chi connectivity index (χ3v) is 1.78. The third kappa shape index (κ3) is 1.29. The molecule has 0 N–H and O–H groups in total. The Morgan fingerprint density at radius 3 is 1.56 bits per heavy atom. The highest BCUT2D eigenvalue weighted by molar-refractivity contribution is 5.19. The van der Waals surface area contributed by atoms with Crippen molar-refractivity contribution in [3.8, 4) is 0 Å². The van der Waals surface area contributed by atoms with Crippen LogP contribution in [0.15, 0.2) is 11.1 Å². The highest BCUT2D eigenvalue weighted by Gasteiger charge is 2.35. The van der Waals surface area contributed by atoms with Gasteiger partial charge >= 0.3 is 0 Å². The van der Waals surface area contributed by atoms with Crippen LogP contribution in [-0.2, 0) is 0 Å². The molecule has 52 valence electrons. The summed E-state index contributed by atoms with van der Waals surface area (Å²) >= 11 is 0. The number of halogens is 2. The summed E-state index contributed by atoms with van der Waals surface area (Å²) in [6.45, 7) is 3.55. The molecule has 0 spiro atoms. The quantitative estimate of drug-likeness (QED) is 0.444. The Morgan fingerprint density at radius 1 is 1.11 bits per heavy atom. The van der Waals surface area contributed by atoms with Crippen LogP contribution in [0.25, 0.3) is 0 Å². The molecule has 0 atom stereocenters. The number of alkyl halides is 2. The normalized spacial score (nSPS) is 25.3. The van der Waals surface area contributed by atoms with E-state index in [4.69, 9.17) is 0 Å². The van der Waals surface area contributed by atoms with Crippen molar-refractivity contribution in [1.82, 2.24) is 0 Å². The van der Waals surface area contributed by atoms with Gasteiger partial charge in [-0.3, -0.25) is 0 Å². The second kappa shape index (κ2) is 1.79. The first-order chi connectivity index (χ1) is 4.01. The summed E-state index contributed by atoms with van der Waals surface area (Å²) in [6, 6.07) is 0. The SMILES string of the molecule is CC1=C(C)CC(F)(F)C1. The van der Waals surface area contributed by atoms with E-state index in [1.54, 1.807) is 13.8 Å². The number of hydrogen-bond acceptors (Lipinski definition) is 0. The summed E-state index contributed by atoms with van der Waals surface area (Å²) in [4.78, 5) is 0. The summed E-state index contributed by atoms with van der Waals surface area (Å²) in [6.07, 6.45) is -0.0579. The van der Waals surface area contributed by atoms with Crippen LogP contribution in [-0.4, -0.2) is 5.92 Å². The molecule has 0 fully saturated rings. The van der Waals surface area contributed by atoms with Crippen LogP contribution < -0.4 is 0 Å². The molecule has 0 radical (unpaired) electrons. The molecule has 9 heavy (non-hydrogen) atoms. The Balaban J connectivity index is 2.70. The summed E-state index contributed by atoms with van der Waals surface area (Å²) in [5.74, 6) is -2.44. The summed E-state index contributed by atoms with van der Waals surface area (Å²) in [5.41, 5.74) is 1.72. The highest BCUT2D eigenvalue weighted by atomic mass is 19.3. The number of hydrogen-bond donors (Lipinski definition) is 0. The van der Waals surface area contributed by atoms with Gasteiger partial charge in [-0.15, -0.1) is 0 Å². The molecule has 0 heterocycles. The topological polar surface area (TPSA) is 0 Å². The predicted octanol–water partition coefficient (Wildman–Crippen LogP) is 2.75. The van der Waals surface area contributed by atoms with Gasteiger partial charge in [-0.05, 0) is 13.8 Å². The molecule has 0 saturated heterocycles. The monoisotopic (exact) mass is 132 g/mol. The Kier molecular flexibility index (Phi) is 1.34. The lowest BCUT2D eigenvalue weighted by atomic mass is 10.2. The van der Waals surface area contributed by atoms with Crippen molar-refractivity contribution in [3.63, 3.8) is 0 Å². The van der Waals surface area contributed by atoms with Gasteiger partial charge in [0.05, 0.1) is 0 Å². The molecular formula is C7H10F2. The van der Waals surface area contributed by atoms with Crippen LogP contribution in [0.3, 0.4) is 0 Å². The maximum Gasteiger partial charge on any atom is 0.255 e. The Hall–Kier alpha value is -0.400. The average molecular weight is 132 g/mol. The molecule has 0 aliphatic heterocycles. The maximum atomic E-state index is 12.4. The van der Waals surface area contributed by atoms with E-state index in [9.17, 15) is 8.78 Å². The van der Waals surface area contributed by atoms with Gasteiger partial charge in [0.25, 0.3) is 5.92 Å². The van der Waals surface area contributed by atoms with Crippen LogP contribution in [0, 0.1) is 0 Å². The zero-order valence-electron chi connectivity index (χ0n) is 5.67. The van der Waals surface area contributed by atoms with Crippen molar-refractivity contribution < 1.29 is 8.78 Å². The molecule has 0 saturated carbocycles. The fourth-order valence-corrected chi connectivity index (χ4v) is 1.14. The minimum Gasteiger partial charge on any atom is -0.206 e. The smallest absolute Gasteiger partial charge is 0.206 e. The first kappa shape index (κ1) is 6.72. The number of rotatable bonds is 0. The minimum absolute atomic E-state index is 0.0289. The van der Waals surface area contributed by atoms with E-state index in [2.05, 4.69) is 0 Å². The molecule has 0 amide bonds. The van der Waals surface area contributed by atoms with Crippen LogP contribution in [0.4, 0.5) is 8.78 Å². The van der Waals surface area contributed by atoms with Crippen molar-refractivity contribution in [2.45, 2.75) is 32.6 Å². The van der Waals surface area contributed by atoms with Gasteiger partial charge in [-0.2, -0.15) is 0 Å². The molecule has 0 aromatic heterocycles. The second-order valence-electron chi connectivity index (χ2n) is 2.77. The third-order valence-electron chi connectivity index (χ3n) is 1.78. The highest BCUT2D eigenvalue weighted by Crippen LogP contribution is 2.38. The first-order valence-corrected chi connectivity index (χ1v) is 3.04. The Morgan fingerprint density at radius 2 is 1.44 bits per heavy atom. The second-order valence-corrected chi connectivity index (χ2v) is 2.77. The van der Waals surface area contributed by atoms with Gasteiger partial charge < -0.3 is 0 Å². The standard InChI is InChI=1S/C7H10F2/c1-5-3-7(8,9)4-6(5)2/h3-4H2,1-2H3.